The third-order valence-electron chi connectivity index (χ3n) is 3.88. The monoisotopic (exact) mass is 357 g/mol. The van der Waals surface area contributed by atoms with E-state index in [-0.39, 0.29) is 17.4 Å². The van der Waals surface area contributed by atoms with Gasteiger partial charge in [0.15, 0.2) is 0 Å². The molecule has 0 aliphatic rings. The maximum atomic E-state index is 12.7. The van der Waals surface area contributed by atoms with E-state index < -0.39 is 6.04 Å². The number of hydrogen-bond acceptors (Lipinski definition) is 6. The Balaban J connectivity index is 1.82. The van der Waals surface area contributed by atoms with Gasteiger partial charge in [0.1, 0.15) is 11.6 Å². The van der Waals surface area contributed by atoms with Gasteiger partial charge in [0.05, 0.1) is 10.4 Å². The highest BCUT2D eigenvalue weighted by molar-refractivity contribution is 7.09. The van der Waals surface area contributed by atoms with Crippen molar-refractivity contribution in [2.24, 2.45) is 5.92 Å². The summed E-state index contributed by atoms with van der Waals surface area (Å²) < 4.78 is 1.19. The van der Waals surface area contributed by atoms with Crippen LogP contribution in [0.25, 0.3) is 10.9 Å². The van der Waals surface area contributed by atoms with Crippen molar-refractivity contribution < 1.29 is 4.79 Å². The van der Waals surface area contributed by atoms with Gasteiger partial charge < -0.3 is 5.32 Å². The molecule has 0 radical (unpaired) electrons. The number of fused-ring (bicyclic) bond motifs is 1. The first-order chi connectivity index (χ1) is 12.1. The Hall–Kier alpha value is -2.61. The summed E-state index contributed by atoms with van der Waals surface area (Å²) in [6, 6.07) is 6.29. The third kappa shape index (κ3) is 3.74. The molecule has 0 saturated carbocycles. The van der Waals surface area contributed by atoms with Crippen molar-refractivity contribution in [1.29, 1.82) is 0 Å². The van der Waals surface area contributed by atoms with E-state index in [1.54, 1.807) is 41.8 Å². The number of hydrogen-bond donors (Lipinski definition) is 1. The molecule has 1 aromatic carbocycles. The molecule has 25 heavy (non-hydrogen) atoms. The van der Waals surface area contributed by atoms with Gasteiger partial charge in [0.2, 0.25) is 5.91 Å². The predicted octanol–water partition coefficient (Wildman–Crippen LogP) is 1.80. The molecule has 1 amide bonds. The molecule has 7 nitrogen and oxygen atoms in total. The molecule has 0 aliphatic heterocycles. The van der Waals surface area contributed by atoms with E-state index in [1.165, 1.54) is 4.68 Å². The number of carbonyl (C=O) groups excluding carboxylic acids is 1. The number of amides is 1. The minimum absolute atomic E-state index is 0.104. The summed E-state index contributed by atoms with van der Waals surface area (Å²) in [6.07, 6.45) is 2.40. The van der Waals surface area contributed by atoms with Crippen molar-refractivity contribution in [2.75, 3.05) is 6.54 Å². The predicted molar refractivity (Wildman–Crippen MR) is 96.5 cm³/mol. The zero-order valence-electron chi connectivity index (χ0n) is 14.0. The van der Waals surface area contributed by atoms with Crippen molar-refractivity contribution in [3.63, 3.8) is 0 Å². The average Bonchev–Trinajstić information content (AvgIpc) is 3.10. The normalized spacial score (nSPS) is 12.4. The molecule has 2 aromatic heterocycles. The molecule has 0 bridgehead atoms. The van der Waals surface area contributed by atoms with E-state index in [9.17, 15) is 9.59 Å². The van der Waals surface area contributed by atoms with E-state index in [1.807, 2.05) is 19.2 Å². The second-order valence-electron chi connectivity index (χ2n) is 6.01. The molecule has 0 unspecified atom stereocenters. The molecule has 8 heteroatoms. The van der Waals surface area contributed by atoms with Crippen LogP contribution in [-0.4, -0.2) is 32.4 Å². The lowest BCUT2D eigenvalue weighted by Crippen LogP contribution is -2.42. The van der Waals surface area contributed by atoms with E-state index in [0.29, 0.717) is 23.9 Å². The first kappa shape index (κ1) is 17.2. The highest BCUT2D eigenvalue weighted by Gasteiger charge is 2.27. The summed E-state index contributed by atoms with van der Waals surface area (Å²) in [5.74, 6) is -0.341. The Bertz CT molecular complexity index is 920. The molecule has 0 fully saturated rings. The van der Waals surface area contributed by atoms with Crippen LogP contribution >= 0.6 is 11.3 Å². The van der Waals surface area contributed by atoms with Gasteiger partial charge in [-0.15, -0.1) is 16.4 Å². The lowest BCUT2D eigenvalue weighted by molar-refractivity contribution is -0.126. The molecule has 0 saturated heterocycles. The van der Waals surface area contributed by atoms with Crippen molar-refractivity contribution in [3.05, 3.63) is 51.2 Å². The zero-order valence-corrected chi connectivity index (χ0v) is 14.9. The fourth-order valence-corrected chi connectivity index (χ4v) is 3.27. The summed E-state index contributed by atoms with van der Waals surface area (Å²) in [4.78, 5) is 29.5. The summed E-state index contributed by atoms with van der Waals surface area (Å²) in [5.41, 5.74) is 0.217. The van der Waals surface area contributed by atoms with Gasteiger partial charge in [-0.3, -0.25) is 9.59 Å². The number of thiazole rings is 1. The minimum atomic E-state index is -0.707. The fourth-order valence-electron chi connectivity index (χ4n) is 2.65. The van der Waals surface area contributed by atoms with Gasteiger partial charge in [0, 0.05) is 24.5 Å². The lowest BCUT2D eigenvalue weighted by atomic mass is 10.0. The van der Waals surface area contributed by atoms with Gasteiger partial charge in [-0.05, 0) is 18.1 Å². The standard InChI is InChI=1S/C17H19N5O2S/c1-11(2)15(16(23)19-8-7-14-18-9-10-25-14)22-17(24)12-5-3-4-6-13(12)20-21-22/h3-6,9-11,15H,7-8H2,1-2H3,(H,19,23)/t15-/m0/s1. The lowest BCUT2D eigenvalue weighted by Gasteiger charge is -2.21. The number of rotatable bonds is 6. The van der Waals surface area contributed by atoms with E-state index in [0.717, 1.165) is 5.01 Å². The Kier molecular flexibility index (Phi) is 5.18. The molecular weight excluding hydrogens is 338 g/mol. The van der Waals surface area contributed by atoms with Crippen molar-refractivity contribution in [1.82, 2.24) is 25.3 Å². The van der Waals surface area contributed by atoms with Gasteiger partial charge >= 0.3 is 0 Å². The quantitative estimate of drug-likeness (QED) is 0.727. The second-order valence-corrected chi connectivity index (χ2v) is 6.99. The van der Waals surface area contributed by atoms with Gasteiger partial charge in [0.25, 0.3) is 5.56 Å². The zero-order chi connectivity index (χ0) is 17.8. The first-order valence-electron chi connectivity index (χ1n) is 8.08. The van der Waals surface area contributed by atoms with Crippen molar-refractivity contribution in [3.8, 4) is 0 Å². The van der Waals surface area contributed by atoms with Crippen LogP contribution < -0.4 is 10.9 Å². The first-order valence-corrected chi connectivity index (χ1v) is 8.96. The SMILES string of the molecule is CC(C)[C@@H](C(=O)NCCc1nccs1)n1nnc2ccccc2c1=O. The van der Waals surface area contributed by atoms with Gasteiger partial charge in [-0.2, -0.15) is 4.68 Å². The van der Waals surface area contributed by atoms with Crippen LogP contribution in [-0.2, 0) is 11.2 Å². The highest BCUT2D eigenvalue weighted by Crippen LogP contribution is 2.16. The Morgan fingerprint density at radius 2 is 2.12 bits per heavy atom. The molecular formula is C17H19N5O2S. The molecule has 3 rings (SSSR count). The smallest absolute Gasteiger partial charge is 0.278 e. The summed E-state index contributed by atoms with van der Waals surface area (Å²) >= 11 is 1.55. The molecule has 2 heterocycles. The van der Waals surface area contributed by atoms with Gasteiger partial charge in [-0.25, -0.2) is 4.98 Å². The Labute approximate surface area is 148 Å². The van der Waals surface area contributed by atoms with E-state index >= 15 is 0 Å². The van der Waals surface area contributed by atoms with Crippen LogP contribution in [0, 0.1) is 5.92 Å². The molecule has 3 aromatic rings. The maximum Gasteiger partial charge on any atom is 0.278 e. The number of aromatic nitrogens is 4. The number of benzene rings is 1. The largest absolute Gasteiger partial charge is 0.354 e. The second kappa shape index (κ2) is 7.52. The number of nitrogens with zero attached hydrogens (tertiary/aromatic N) is 4. The number of nitrogens with one attached hydrogen (secondary N) is 1. The van der Waals surface area contributed by atoms with E-state index in [2.05, 4.69) is 20.6 Å². The summed E-state index contributed by atoms with van der Waals surface area (Å²) in [7, 11) is 0. The summed E-state index contributed by atoms with van der Waals surface area (Å²) in [6.45, 7) is 4.23. The molecule has 0 spiro atoms. The number of carbonyl (C=O) groups is 1. The van der Waals surface area contributed by atoms with Crippen molar-refractivity contribution >= 4 is 28.1 Å². The maximum absolute atomic E-state index is 12.7. The summed E-state index contributed by atoms with van der Waals surface area (Å²) in [5, 5.41) is 14.3. The molecule has 1 atom stereocenters. The van der Waals surface area contributed by atoms with Crippen molar-refractivity contribution in [2.45, 2.75) is 26.3 Å². The average molecular weight is 357 g/mol. The van der Waals surface area contributed by atoms with Crippen LogP contribution in [0.4, 0.5) is 0 Å². The molecule has 0 aliphatic carbocycles. The Morgan fingerprint density at radius 1 is 1.32 bits per heavy atom. The van der Waals surface area contributed by atoms with Crippen LogP contribution in [0.2, 0.25) is 0 Å². The van der Waals surface area contributed by atoms with Crippen LogP contribution in [0.15, 0.2) is 40.6 Å². The topological polar surface area (TPSA) is 89.8 Å². The van der Waals surface area contributed by atoms with Crippen LogP contribution in [0.3, 0.4) is 0 Å². The van der Waals surface area contributed by atoms with E-state index in [4.69, 9.17) is 0 Å². The molecule has 130 valence electrons. The Morgan fingerprint density at radius 3 is 2.84 bits per heavy atom. The van der Waals surface area contributed by atoms with Crippen LogP contribution in [0.1, 0.15) is 24.9 Å². The fraction of sp³-hybridized carbons (Fsp3) is 0.353. The molecule has 1 N–H and O–H groups in total. The third-order valence-corrected chi connectivity index (χ3v) is 4.72. The minimum Gasteiger partial charge on any atom is -0.354 e. The highest BCUT2D eigenvalue weighted by atomic mass is 32.1. The van der Waals surface area contributed by atoms with Gasteiger partial charge in [-0.1, -0.05) is 31.2 Å². The van der Waals surface area contributed by atoms with Crippen LogP contribution in [0.5, 0.6) is 0 Å².